The van der Waals surface area contributed by atoms with Gasteiger partial charge in [-0.15, -0.1) is 0 Å². The van der Waals surface area contributed by atoms with Crippen LogP contribution in [0.3, 0.4) is 0 Å². The van der Waals surface area contributed by atoms with Crippen molar-refractivity contribution in [3.05, 3.63) is 36.6 Å². The highest BCUT2D eigenvalue weighted by Crippen LogP contribution is 2.04. The fraction of sp³-hybridized carbons (Fsp3) is 0.500. The summed E-state index contributed by atoms with van der Waals surface area (Å²) in [5, 5.41) is 3.06. The van der Waals surface area contributed by atoms with Crippen LogP contribution in [0, 0.1) is 0 Å². The third-order valence-corrected chi connectivity index (χ3v) is 2.69. The van der Waals surface area contributed by atoms with Crippen molar-refractivity contribution in [1.82, 2.24) is 5.32 Å². The molecule has 0 radical (unpaired) electrons. The van der Waals surface area contributed by atoms with E-state index in [0.29, 0.717) is 13.1 Å². The van der Waals surface area contributed by atoms with E-state index in [0.717, 1.165) is 12.2 Å². The van der Waals surface area contributed by atoms with Gasteiger partial charge in [0.15, 0.2) is 0 Å². The first-order valence-electron chi connectivity index (χ1n) is 8.35. The lowest BCUT2D eigenvalue weighted by Gasteiger charge is -2.19. The molecule has 26 heavy (non-hydrogen) atoms. The predicted octanol–water partition coefficient (Wildman–Crippen LogP) is 1.28. The minimum atomic E-state index is -0.698. The van der Waals surface area contributed by atoms with Crippen LogP contribution in [0.2, 0.25) is 0 Å². The molecule has 0 aromatic heterocycles. The van der Waals surface area contributed by atoms with Crippen molar-refractivity contribution < 1.29 is 33.3 Å². The van der Waals surface area contributed by atoms with Crippen LogP contribution in [0.5, 0.6) is 0 Å². The van der Waals surface area contributed by atoms with Crippen molar-refractivity contribution in [3.63, 3.8) is 0 Å². The van der Waals surface area contributed by atoms with E-state index in [-0.39, 0.29) is 25.6 Å². The Hall–Kier alpha value is -2.61. The van der Waals surface area contributed by atoms with Crippen LogP contribution in [0.1, 0.15) is 20.8 Å². The second-order valence-corrected chi connectivity index (χ2v) is 4.81. The summed E-state index contributed by atoms with van der Waals surface area (Å²) in [5.74, 6) is -1.60. The first-order chi connectivity index (χ1) is 12.4. The standard InChI is InChI=1S/C18H27NO7/c1-5-19-12-15(26-14(4)8-9-16(20)23-6-2)13-25-18(22)11-10-17(21)24-7-3/h8-11,15,19H,4-7,12-13H2,1-3H3/b9-8+,11-10+. The van der Waals surface area contributed by atoms with Gasteiger partial charge < -0.3 is 24.3 Å². The van der Waals surface area contributed by atoms with Gasteiger partial charge >= 0.3 is 17.9 Å². The quantitative estimate of drug-likeness (QED) is 0.170. The van der Waals surface area contributed by atoms with E-state index in [1.54, 1.807) is 13.8 Å². The van der Waals surface area contributed by atoms with Crippen LogP contribution >= 0.6 is 0 Å². The molecule has 0 aliphatic rings. The number of carbonyl (C=O) groups is 3. The Bertz CT molecular complexity index is 526. The first-order valence-corrected chi connectivity index (χ1v) is 8.35. The Morgan fingerprint density at radius 2 is 1.38 bits per heavy atom. The van der Waals surface area contributed by atoms with Crippen molar-refractivity contribution >= 4 is 17.9 Å². The third kappa shape index (κ3) is 12.8. The molecule has 0 bridgehead atoms. The Balaban J connectivity index is 4.51. The predicted molar refractivity (Wildman–Crippen MR) is 95.1 cm³/mol. The number of hydrogen-bond acceptors (Lipinski definition) is 8. The van der Waals surface area contributed by atoms with Gasteiger partial charge in [-0.05, 0) is 26.5 Å². The summed E-state index contributed by atoms with van der Waals surface area (Å²) >= 11 is 0. The van der Waals surface area contributed by atoms with Gasteiger partial charge in [-0.3, -0.25) is 0 Å². The number of hydrogen-bond donors (Lipinski definition) is 1. The summed E-state index contributed by atoms with van der Waals surface area (Å²) in [6.07, 6.45) is 4.03. The molecule has 0 aromatic rings. The Morgan fingerprint density at radius 3 is 1.88 bits per heavy atom. The molecule has 0 aliphatic heterocycles. The number of ether oxygens (including phenoxy) is 4. The number of rotatable bonds is 13. The van der Waals surface area contributed by atoms with Gasteiger partial charge in [-0.1, -0.05) is 13.5 Å². The number of allylic oxidation sites excluding steroid dienone is 1. The molecule has 0 spiro atoms. The maximum atomic E-state index is 11.6. The maximum Gasteiger partial charge on any atom is 0.331 e. The maximum absolute atomic E-state index is 11.6. The number of likely N-dealkylation sites (N-methyl/N-ethyl adjacent to an activating group) is 1. The highest BCUT2D eigenvalue weighted by Gasteiger charge is 2.13. The fourth-order valence-corrected chi connectivity index (χ4v) is 1.59. The summed E-state index contributed by atoms with van der Waals surface area (Å²) in [6.45, 7) is 10.5. The molecular formula is C18H27NO7. The van der Waals surface area contributed by atoms with Gasteiger partial charge in [0.1, 0.15) is 18.5 Å². The molecule has 146 valence electrons. The van der Waals surface area contributed by atoms with Crippen LogP contribution in [0.4, 0.5) is 0 Å². The Labute approximate surface area is 153 Å². The highest BCUT2D eigenvalue weighted by molar-refractivity contribution is 5.91. The summed E-state index contributed by atoms with van der Waals surface area (Å²) in [6, 6.07) is 0. The molecule has 0 rings (SSSR count). The monoisotopic (exact) mass is 369 g/mol. The second kappa shape index (κ2) is 14.7. The Morgan fingerprint density at radius 1 is 0.885 bits per heavy atom. The molecule has 0 fully saturated rings. The fourth-order valence-electron chi connectivity index (χ4n) is 1.59. The number of esters is 3. The van der Waals surface area contributed by atoms with Crippen molar-refractivity contribution in [1.29, 1.82) is 0 Å². The molecule has 1 atom stereocenters. The van der Waals surface area contributed by atoms with Gasteiger partial charge in [-0.2, -0.15) is 0 Å². The molecule has 0 heterocycles. The normalized spacial score (nSPS) is 12.0. The van der Waals surface area contributed by atoms with Crippen LogP contribution in [-0.4, -0.2) is 56.9 Å². The minimum absolute atomic E-state index is 0.0642. The lowest BCUT2D eigenvalue weighted by Crippen LogP contribution is -2.33. The van der Waals surface area contributed by atoms with Crippen molar-refractivity contribution in [2.75, 3.05) is 32.9 Å². The molecule has 1 N–H and O–H groups in total. The SMILES string of the molecule is C=C(/C=C/C(=O)OCC)OC(CNCC)COC(=O)/C=C/C(=O)OCC. The van der Waals surface area contributed by atoms with Gasteiger partial charge in [0, 0.05) is 24.8 Å². The van der Waals surface area contributed by atoms with E-state index < -0.39 is 24.0 Å². The van der Waals surface area contributed by atoms with E-state index in [1.807, 2.05) is 6.92 Å². The van der Waals surface area contributed by atoms with Crippen molar-refractivity contribution in [2.45, 2.75) is 26.9 Å². The van der Waals surface area contributed by atoms with E-state index in [2.05, 4.69) is 16.6 Å². The zero-order chi connectivity index (χ0) is 19.8. The van der Waals surface area contributed by atoms with Gasteiger partial charge in [0.2, 0.25) is 0 Å². The topological polar surface area (TPSA) is 100 Å². The zero-order valence-corrected chi connectivity index (χ0v) is 15.5. The third-order valence-electron chi connectivity index (χ3n) is 2.69. The van der Waals surface area contributed by atoms with Crippen LogP contribution < -0.4 is 5.32 Å². The molecule has 0 amide bonds. The van der Waals surface area contributed by atoms with Crippen molar-refractivity contribution in [2.24, 2.45) is 0 Å². The summed E-state index contributed by atoms with van der Waals surface area (Å²) in [7, 11) is 0. The molecule has 1 unspecified atom stereocenters. The molecule has 0 aromatic carbocycles. The Kier molecular flexibility index (Phi) is 13.2. The lowest BCUT2D eigenvalue weighted by molar-refractivity contribution is -0.142. The van der Waals surface area contributed by atoms with E-state index >= 15 is 0 Å². The van der Waals surface area contributed by atoms with E-state index in [4.69, 9.17) is 14.2 Å². The average molecular weight is 369 g/mol. The highest BCUT2D eigenvalue weighted by atomic mass is 16.6. The largest absolute Gasteiger partial charge is 0.486 e. The molecule has 8 nitrogen and oxygen atoms in total. The van der Waals surface area contributed by atoms with Crippen LogP contribution in [0.25, 0.3) is 0 Å². The average Bonchev–Trinajstić information content (AvgIpc) is 2.61. The molecule has 0 saturated carbocycles. The number of carbonyl (C=O) groups excluding carboxylic acids is 3. The molecule has 0 aliphatic carbocycles. The van der Waals surface area contributed by atoms with E-state index in [9.17, 15) is 14.4 Å². The zero-order valence-electron chi connectivity index (χ0n) is 15.5. The number of nitrogens with one attached hydrogen (secondary N) is 1. The van der Waals surface area contributed by atoms with Gasteiger partial charge in [-0.25, -0.2) is 14.4 Å². The summed E-state index contributed by atoms with van der Waals surface area (Å²) in [4.78, 5) is 34.0. The van der Waals surface area contributed by atoms with E-state index in [1.165, 1.54) is 12.2 Å². The van der Waals surface area contributed by atoms with Gasteiger partial charge in [0.25, 0.3) is 0 Å². The first kappa shape index (κ1) is 23.4. The van der Waals surface area contributed by atoms with Crippen molar-refractivity contribution in [3.8, 4) is 0 Å². The molecular weight excluding hydrogens is 342 g/mol. The lowest BCUT2D eigenvalue weighted by atomic mass is 10.3. The molecule has 0 saturated heterocycles. The van der Waals surface area contributed by atoms with Gasteiger partial charge in [0.05, 0.1) is 13.2 Å². The summed E-state index contributed by atoms with van der Waals surface area (Å²) < 4.78 is 20.0. The van der Waals surface area contributed by atoms with Crippen LogP contribution in [-0.2, 0) is 33.3 Å². The minimum Gasteiger partial charge on any atom is -0.486 e. The molecule has 8 heteroatoms. The summed E-state index contributed by atoms with van der Waals surface area (Å²) in [5.41, 5.74) is 0. The second-order valence-electron chi connectivity index (χ2n) is 4.81. The van der Waals surface area contributed by atoms with Crippen LogP contribution in [0.15, 0.2) is 36.6 Å². The smallest absolute Gasteiger partial charge is 0.331 e.